The van der Waals surface area contributed by atoms with Crippen molar-refractivity contribution < 1.29 is 0 Å². The first kappa shape index (κ1) is 34.4. The Hall–Kier alpha value is -6.90. The van der Waals surface area contributed by atoms with Gasteiger partial charge in [0.25, 0.3) is 0 Å². The van der Waals surface area contributed by atoms with E-state index in [0.29, 0.717) is 0 Å². The molecule has 0 radical (unpaired) electrons. The molecule has 58 heavy (non-hydrogen) atoms. The number of hydrogen-bond acceptors (Lipinski definition) is 2. The molecule has 11 rings (SSSR count). The van der Waals surface area contributed by atoms with Crippen molar-refractivity contribution in [3.8, 4) is 0 Å². The molecule has 0 aliphatic heterocycles. The van der Waals surface area contributed by atoms with Gasteiger partial charge in [0.05, 0.1) is 11.2 Å². The zero-order valence-electron chi connectivity index (χ0n) is 33.1. The van der Waals surface area contributed by atoms with Crippen LogP contribution in [0.4, 0.5) is 22.7 Å². The zero-order chi connectivity index (χ0) is 39.0. The molecule has 278 valence electrons. The molecule has 0 aromatic heterocycles. The van der Waals surface area contributed by atoms with Gasteiger partial charge in [0.15, 0.2) is 0 Å². The van der Waals surface area contributed by atoms with Gasteiger partial charge in [-0.15, -0.1) is 0 Å². The highest BCUT2D eigenvalue weighted by Crippen LogP contribution is 2.61. The quantitative estimate of drug-likeness (QED) is 0.167. The molecular formula is C56H44N2. The van der Waals surface area contributed by atoms with E-state index in [1.807, 2.05) is 0 Å². The van der Waals surface area contributed by atoms with Gasteiger partial charge in [0.1, 0.15) is 0 Å². The molecule has 2 nitrogen and oxygen atoms in total. The summed E-state index contributed by atoms with van der Waals surface area (Å²) >= 11 is 0. The average Bonchev–Trinajstić information content (AvgIpc) is 3.50. The predicted molar refractivity (Wildman–Crippen MR) is 245 cm³/mol. The van der Waals surface area contributed by atoms with E-state index in [1.54, 1.807) is 0 Å². The molecule has 2 atom stereocenters. The minimum atomic E-state index is -0.554. The fraction of sp³-hybridized carbons (Fsp3) is 0.107. The molecule has 0 saturated heterocycles. The fourth-order valence-electron chi connectivity index (χ4n) is 10.4. The van der Waals surface area contributed by atoms with Crippen molar-refractivity contribution in [2.45, 2.75) is 31.7 Å². The van der Waals surface area contributed by atoms with Crippen molar-refractivity contribution in [3.05, 3.63) is 240 Å². The van der Waals surface area contributed by atoms with Gasteiger partial charge in [0, 0.05) is 39.6 Å². The van der Waals surface area contributed by atoms with E-state index in [2.05, 4.69) is 237 Å². The van der Waals surface area contributed by atoms with Crippen LogP contribution in [0, 0.1) is 5.92 Å². The second-order valence-corrected chi connectivity index (χ2v) is 16.7. The monoisotopic (exact) mass is 744 g/mol. The summed E-state index contributed by atoms with van der Waals surface area (Å²) < 4.78 is 0. The van der Waals surface area contributed by atoms with Crippen LogP contribution in [0.3, 0.4) is 0 Å². The standard InChI is InChI=1S/C56H44N2/c1-55(2)50-28-16-14-26-46(50)48-36-53-49(37-52(48)55)54(57(42-22-6-4-7-23-42)44-32-30-38-18-10-12-20-40(38)34-44)47-27-15-17-29-51(47)56(53,3)58(43-24-8-5-9-25-43)45-33-31-39-19-11-13-21-41(39)35-45/h4-37,53H,1-3H3. The van der Waals surface area contributed by atoms with Crippen LogP contribution in [0.2, 0.25) is 0 Å². The molecule has 0 saturated carbocycles. The Morgan fingerprint density at radius 3 is 1.62 bits per heavy atom. The number of para-hydroxylation sites is 2. The van der Waals surface area contributed by atoms with E-state index in [1.165, 1.54) is 71.9 Å². The molecule has 0 bridgehead atoms. The highest BCUT2D eigenvalue weighted by molar-refractivity contribution is 6.00. The van der Waals surface area contributed by atoms with Crippen LogP contribution in [-0.4, -0.2) is 0 Å². The van der Waals surface area contributed by atoms with Gasteiger partial charge in [-0.3, -0.25) is 0 Å². The van der Waals surface area contributed by atoms with E-state index in [9.17, 15) is 0 Å². The first-order valence-corrected chi connectivity index (χ1v) is 20.5. The normalized spacial score (nSPS) is 18.8. The number of hydrogen-bond donors (Lipinski definition) is 0. The number of anilines is 4. The third-order valence-electron chi connectivity index (χ3n) is 13.1. The topological polar surface area (TPSA) is 6.48 Å². The lowest BCUT2D eigenvalue weighted by Gasteiger charge is -2.53. The number of allylic oxidation sites excluding steroid dienone is 3. The Morgan fingerprint density at radius 2 is 0.948 bits per heavy atom. The van der Waals surface area contributed by atoms with Crippen molar-refractivity contribution in [1.82, 2.24) is 0 Å². The molecule has 0 N–H and O–H groups in total. The van der Waals surface area contributed by atoms with Crippen LogP contribution in [-0.2, 0) is 11.0 Å². The van der Waals surface area contributed by atoms with E-state index < -0.39 is 5.54 Å². The first-order chi connectivity index (χ1) is 28.4. The van der Waals surface area contributed by atoms with Crippen molar-refractivity contribution >= 4 is 55.6 Å². The summed E-state index contributed by atoms with van der Waals surface area (Å²) in [6.45, 7) is 7.29. The molecule has 2 unspecified atom stereocenters. The summed E-state index contributed by atoms with van der Waals surface area (Å²) in [4.78, 5) is 5.16. The highest BCUT2D eigenvalue weighted by Gasteiger charge is 2.52. The second-order valence-electron chi connectivity index (χ2n) is 16.7. The number of fused-ring (bicyclic) bond motifs is 7. The Bertz CT molecular complexity index is 3000. The van der Waals surface area contributed by atoms with Gasteiger partial charge in [-0.25, -0.2) is 0 Å². The maximum Gasteiger partial charge on any atom is 0.0784 e. The van der Waals surface area contributed by atoms with E-state index in [-0.39, 0.29) is 11.3 Å². The van der Waals surface area contributed by atoms with E-state index in [0.717, 1.165) is 17.1 Å². The van der Waals surface area contributed by atoms with Crippen LogP contribution in [0.5, 0.6) is 0 Å². The fourth-order valence-corrected chi connectivity index (χ4v) is 10.4. The number of benzene rings is 8. The minimum Gasteiger partial charge on any atom is -0.330 e. The first-order valence-electron chi connectivity index (χ1n) is 20.5. The molecule has 0 amide bonds. The number of nitrogens with zero attached hydrogens (tertiary/aromatic N) is 2. The van der Waals surface area contributed by atoms with Gasteiger partial charge in [-0.1, -0.05) is 172 Å². The van der Waals surface area contributed by atoms with Crippen molar-refractivity contribution in [3.63, 3.8) is 0 Å². The summed E-state index contributed by atoms with van der Waals surface area (Å²) in [5.41, 5.74) is 14.4. The van der Waals surface area contributed by atoms with Crippen LogP contribution in [0.15, 0.2) is 217 Å². The third kappa shape index (κ3) is 5.11. The summed E-state index contributed by atoms with van der Waals surface area (Å²) in [6.07, 6.45) is 5.22. The van der Waals surface area contributed by atoms with Crippen molar-refractivity contribution in [2.24, 2.45) is 5.92 Å². The molecular weight excluding hydrogens is 701 g/mol. The summed E-state index contributed by atoms with van der Waals surface area (Å²) in [6, 6.07) is 71.6. The summed E-state index contributed by atoms with van der Waals surface area (Å²) in [7, 11) is 0. The van der Waals surface area contributed by atoms with Gasteiger partial charge >= 0.3 is 0 Å². The largest absolute Gasteiger partial charge is 0.330 e. The zero-order valence-corrected chi connectivity index (χ0v) is 33.1. The van der Waals surface area contributed by atoms with Crippen LogP contribution in [0.1, 0.15) is 43.0 Å². The highest BCUT2D eigenvalue weighted by atomic mass is 15.2. The van der Waals surface area contributed by atoms with Gasteiger partial charge in [-0.2, -0.15) is 0 Å². The molecule has 3 aliphatic rings. The lowest BCUT2D eigenvalue weighted by atomic mass is 9.63. The molecule has 0 fully saturated rings. The smallest absolute Gasteiger partial charge is 0.0784 e. The summed E-state index contributed by atoms with van der Waals surface area (Å²) in [5, 5.41) is 4.92. The molecule has 3 aliphatic carbocycles. The maximum absolute atomic E-state index is 2.63. The van der Waals surface area contributed by atoms with Crippen molar-refractivity contribution in [2.75, 3.05) is 9.80 Å². The molecule has 8 aromatic carbocycles. The Morgan fingerprint density at radius 1 is 0.431 bits per heavy atom. The molecule has 0 spiro atoms. The lowest BCUT2D eigenvalue weighted by Crippen LogP contribution is -2.50. The van der Waals surface area contributed by atoms with Crippen molar-refractivity contribution in [1.29, 1.82) is 0 Å². The Kier molecular flexibility index (Phi) is 7.75. The minimum absolute atomic E-state index is 0.0450. The van der Waals surface area contributed by atoms with Crippen LogP contribution >= 0.6 is 0 Å². The van der Waals surface area contributed by atoms with E-state index in [4.69, 9.17) is 0 Å². The van der Waals surface area contributed by atoms with Gasteiger partial charge in [0.2, 0.25) is 0 Å². The average molecular weight is 745 g/mol. The molecule has 8 aromatic rings. The molecule has 0 heterocycles. The SMILES string of the molecule is CC1(C)C2=CC3=C(N(c4ccccc4)c4ccc5ccccc5c4)c4ccccc4C(C)(N(c4ccccc4)c4ccc5ccccc5c4)C3C=C2c2ccccc21. The lowest BCUT2D eigenvalue weighted by molar-refractivity contribution is 0.391. The van der Waals surface area contributed by atoms with E-state index >= 15 is 0 Å². The van der Waals surface area contributed by atoms with Gasteiger partial charge in [-0.05, 0) is 110 Å². The second kappa shape index (κ2) is 13.1. The Balaban J connectivity index is 1.26. The van der Waals surface area contributed by atoms with Gasteiger partial charge < -0.3 is 9.80 Å². The predicted octanol–water partition coefficient (Wildman–Crippen LogP) is 14.5. The van der Waals surface area contributed by atoms with Crippen LogP contribution in [0.25, 0.3) is 32.8 Å². The van der Waals surface area contributed by atoms with Crippen LogP contribution < -0.4 is 9.80 Å². The molecule has 2 heteroatoms. The number of rotatable bonds is 6. The summed E-state index contributed by atoms with van der Waals surface area (Å²) in [5.74, 6) is -0.0450. The Labute approximate surface area is 341 Å². The maximum atomic E-state index is 2.63. The third-order valence-corrected chi connectivity index (χ3v) is 13.1.